The van der Waals surface area contributed by atoms with Crippen molar-refractivity contribution >= 4 is 7.98 Å². The molecule has 0 heterocycles. The van der Waals surface area contributed by atoms with Gasteiger partial charge in [0.05, 0.1) is 0 Å². The summed E-state index contributed by atoms with van der Waals surface area (Å²) in [5.41, 5.74) is 0.0694. The van der Waals surface area contributed by atoms with Crippen molar-refractivity contribution in [2.45, 2.75) is 26.3 Å². The molecule has 6 heavy (non-hydrogen) atoms. The Kier molecular flexibility index (Phi) is 1.66. The fraction of sp³-hybridized carbons (Fsp3) is 1.00. The zero-order valence-electron chi connectivity index (χ0n) is 4.58. The molecule has 0 atom stereocenters. The van der Waals surface area contributed by atoms with Gasteiger partial charge in [0.15, 0.2) is 0 Å². The van der Waals surface area contributed by atoms with Crippen LogP contribution in [0, 0.1) is 0 Å². The summed E-state index contributed by atoms with van der Waals surface area (Å²) in [6.45, 7) is 6.02. The van der Waals surface area contributed by atoms with Gasteiger partial charge in [-0.3, -0.25) is 0 Å². The molecule has 0 saturated carbocycles. The van der Waals surface area contributed by atoms with Gasteiger partial charge in [0.1, 0.15) is 0 Å². The number of rotatable bonds is 0. The zero-order valence-corrected chi connectivity index (χ0v) is 4.58. The molecule has 0 rings (SSSR count). The van der Waals surface area contributed by atoms with Crippen LogP contribution in [0.1, 0.15) is 20.8 Å². The first kappa shape index (κ1) is 6.02. The topological polar surface area (TPSA) is 12.0 Å². The van der Waals surface area contributed by atoms with Crippen LogP contribution in [0.15, 0.2) is 0 Å². The second kappa shape index (κ2) is 1.65. The number of hydrogen-bond donors (Lipinski definition) is 1. The van der Waals surface area contributed by atoms with Crippen LogP contribution in [0.5, 0.6) is 0 Å². The van der Waals surface area contributed by atoms with Crippen molar-refractivity contribution in [1.29, 1.82) is 0 Å². The lowest BCUT2D eigenvalue weighted by Gasteiger charge is -2.27. The van der Waals surface area contributed by atoms with Gasteiger partial charge in [-0.15, -0.1) is 0 Å². The van der Waals surface area contributed by atoms with Crippen LogP contribution in [0.2, 0.25) is 0 Å². The molecule has 1 nitrogen and oxygen atoms in total. The summed E-state index contributed by atoms with van der Waals surface area (Å²) >= 11 is 0. The normalized spacial score (nSPS) is 12.0. The molecule has 0 aromatic heterocycles. The monoisotopic (exact) mass is 83.1 g/mol. The predicted molar refractivity (Wildman–Crippen MR) is 28.6 cm³/mol. The van der Waals surface area contributed by atoms with E-state index in [1.807, 2.05) is 20.8 Å². The van der Waals surface area contributed by atoms with Gasteiger partial charge in [0, 0.05) is 0 Å². The third-order valence-corrected chi connectivity index (χ3v) is 0.433. The lowest BCUT2D eigenvalue weighted by Crippen LogP contribution is -2.33. The van der Waals surface area contributed by atoms with E-state index in [2.05, 4.69) is 5.23 Å². The van der Waals surface area contributed by atoms with E-state index in [-0.39, 0.29) is 5.54 Å². The largest absolute Gasteiger partial charge is 0.588 e. The van der Waals surface area contributed by atoms with Gasteiger partial charge in [0.25, 0.3) is 0 Å². The molecule has 35 valence electrons. The van der Waals surface area contributed by atoms with Crippen molar-refractivity contribution in [1.82, 2.24) is 5.23 Å². The Labute approximate surface area is 40.6 Å². The summed E-state index contributed by atoms with van der Waals surface area (Å²) in [5.74, 6) is 0. The van der Waals surface area contributed by atoms with Gasteiger partial charge in [-0.05, 0) is 5.54 Å². The molecule has 0 saturated heterocycles. The molecule has 0 spiro atoms. The van der Waals surface area contributed by atoms with Crippen LogP contribution in [0.4, 0.5) is 0 Å². The second-order valence-electron chi connectivity index (χ2n) is 2.39. The Morgan fingerprint density at radius 1 is 1.33 bits per heavy atom. The number of hydrogen-bond acceptors (Lipinski definition) is 1. The summed E-state index contributed by atoms with van der Waals surface area (Å²) in [5, 5.41) is 2.60. The fourth-order valence-electron chi connectivity index (χ4n) is 0. The minimum atomic E-state index is 0.0694. The van der Waals surface area contributed by atoms with Crippen molar-refractivity contribution in [3.8, 4) is 0 Å². The Bertz CT molecular complexity index is 37.3. The Morgan fingerprint density at radius 2 is 1.50 bits per heavy atom. The summed E-state index contributed by atoms with van der Waals surface area (Å²) in [7, 11) is 5.06. The van der Waals surface area contributed by atoms with Gasteiger partial charge < -0.3 is 13.2 Å². The number of nitrogens with one attached hydrogen (secondary N) is 1. The Balaban J connectivity index is 3.17. The molecule has 3 radical (unpaired) electrons. The third-order valence-electron chi connectivity index (χ3n) is 0.433. The van der Waals surface area contributed by atoms with Gasteiger partial charge in [-0.2, -0.15) is 0 Å². The molecule has 0 fully saturated rings. The van der Waals surface area contributed by atoms with Crippen LogP contribution in [0.3, 0.4) is 0 Å². The first-order chi connectivity index (χ1) is 2.56. The molecule has 2 heteroatoms. The lowest BCUT2D eigenvalue weighted by molar-refractivity contribution is 0.528. The maximum absolute atomic E-state index is 5.06. The molecule has 0 bridgehead atoms. The Morgan fingerprint density at radius 3 is 1.50 bits per heavy atom. The average molecular weight is 82.9 g/mol. The minimum absolute atomic E-state index is 0.0694. The van der Waals surface area contributed by atoms with Gasteiger partial charge in [-0.1, -0.05) is 20.8 Å². The molecule has 0 aliphatic carbocycles. The maximum Gasteiger partial charge on any atom is -0.0327 e. The molecule has 0 amide bonds. The highest BCUT2D eigenvalue weighted by Crippen LogP contribution is 1.93. The van der Waals surface area contributed by atoms with Gasteiger partial charge >= 0.3 is 0 Å². The first-order valence-electron chi connectivity index (χ1n) is 2.04. The standard InChI is InChI=1S/C4H10BN/c1-4(2,3)6-5/h6H,1-3H3/q-1. The molecule has 0 aliphatic rings. The van der Waals surface area contributed by atoms with Gasteiger partial charge in [-0.25, -0.2) is 0 Å². The second-order valence-corrected chi connectivity index (χ2v) is 2.39. The highest BCUT2D eigenvalue weighted by Gasteiger charge is 1.94. The van der Waals surface area contributed by atoms with E-state index in [4.69, 9.17) is 7.98 Å². The quantitative estimate of drug-likeness (QED) is 0.419. The first-order valence-corrected chi connectivity index (χ1v) is 2.04. The van der Waals surface area contributed by atoms with Crippen molar-refractivity contribution < 1.29 is 0 Å². The minimum Gasteiger partial charge on any atom is -0.588 e. The van der Waals surface area contributed by atoms with E-state index in [1.165, 1.54) is 0 Å². The van der Waals surface area contributed by atoms with Gasteiger partial charge in [0.2, 0.25) is 0 Å². The van der Waals surface area contributed by atoms with E-state index >= 15 is 0 Å². The van der Waals surface area contributed by atoms with E-state index in [0.717, 1.165) is 0 Å². The summed E-state index contributed by atoms with van der Waals surface area (Å²) in [6, 6.07) is 0. The van der Waals surface area contributed by atoms with Crippen LogP contribution >= 0.6 is 0 Å². The molecular formula is C4H10BN-. The van der Waals surface area contributed by atoms with E-state index in [0.29, 0.717) is 0 Å². The molecule has 0 unspecified atom stereocenters. The van der Waals surface area contributed by atoms with Crippen molar-refractivity contribution in [3.63, 3.8) is 0 Å². The fourth-order valence-corrected chi connectivity index (χ4v) is 0. The third kappa shape index (κ3) is 4.02. The molecule has 1 N–H and O–H groups in total. The van der Waals surface area contributed by atoms with Crippen molar-refractivity contribution in [2.75, 3.05) is 0 Å². The molecule has 0 aromatic carbocycles. The van der Waals surface area contributed by atoms with Crippen LogP contribution in [-0.2, 0) is 0 Å². The maximum atomic E-state index is 5.06. The Hall–Kier alpha value is 0.0249. The van der Waals surface area contributed by atoms with Crippen molar-refractivity contribution in [2.24, 2.45) is 0 Å². The molecule has 0 aromatic rings. The molecular weight excluding hydrogens is 72.9 g/mol. The smallest absolute Gasteiger partial charge is 0.0327 e. The van der Waals surface area contributed by atoms with E-state index < -0.39 is 0 Å². The van der Waals surface area contributed by atoms with Crippen LogP contribution < -0.4 is 5.23 Å². The highest BCUT2D eigenvalue weighted by atomic mass is 14.8. The SMILES string of the molecule is [B-]NC(C)(C)C. The van der Waals surface area contributed by atoms with Crippen LogP contribution in [0.25, 0.3) is 0 Å². The van der Waals surface area contributed by atoms with E-state index in [9.17, 15) is 0 Å². The van der Waals surface area contributed by atoms with Crippen LogP contribution in [-0.4, -0.2) is 13.5 Å². The van der Waals surface area contributed by atoms with Crippen molar-refractivity contribution in [3.05, 3.63) is 0 Å². The lowest BCUT2D eigenvalue weighted by atomic mass is 10.1. The average Bonchev–Trinajstić information content (AvgIpc) is 1.35. The van der Waals surface area contributed by atoms with E-state index in [1.54, 1.807) is 0 Å². The zero-order chi connectivity index (χ0) is 5.21. The highest BCUT2D eigenvalue weighted by molar-refractivity contribution is 6.04. The summed E-state index contributed by atoms with van der Waals surface area (Å²) in [6.07, 6.45) is 0. The predicted octanol–water partition coefficient (Wildman–Crippen LogP) is 0.458. The summed E-state index contributed by atoms with van der Waals surface area (Å²) < 4.78 is 0. The molecule has 0 aliphatic heterocycles. The summed E-state index contributed by atoms with van der Waals surface area (Å²) in [4.78, 5) is 0.